The summed E-state index contributed by atoms with van der Waals surface area (Å²) >= 11 is 5.84. The van der Waals surface area contributed by atoms with Gasteiger partial charge in [0.15, 0.2) is 6.29 Å². The third-order valence-corrected chi connectivity index (χ3v) is 3.42. The minimum absolute atomic E-state index is 0.325. The van der Waals surface area contributed by atoms with Gasteiger partial charge in [0.25, 0.3) is 0 Å². The summed E-state index contributed by atoms with van der Waals surface area (Å²) < 4.78 is 7.55. The van der Waals surface area contributed by atoms with Crippen molar-refractivity contribution in [2.75, 3.05) is 0 Å². The molecule has 4 nitrogen and oxygen atoms in total. The lowest BCUT2D eigenvalue weighted by Crippen LogP contribution is -2.06. The van der Waals surface area contributed by atoms with Crippen LogP contribution in [0.4, 0.5) is 0 Å². The Morgan fingerprint density at radius 3 is 2.95 bits per heavy atom. The third-order valence-electron chi connectivity index (χ3n) is 3.18. The van der Waals surface area contributed by atoms with Gasteiger partial charge in [0, 0.05) is 17.3 Å². The molecule has 1 unspecified atom stereocenters. The molecule has 106 valence electrons. The van der Waals surface area contributed by atoms with Crippen LogP contribution in [0.3, 0.4) is 0 Å². The van der Waals surface area contributed by atoms with E-state index in [0.717, 1.165) is 18.4 Å². The van der Waals surface area contributed by atoms with Gasteiger partial charge >= 0.3 is 0 Å². The molecule has 0 saturated carbocycles. The minimum atomic E-state index is 0.325. The molecule has 0 aliphatic heterocycles. The number of nitrogens with zero attached hydrogens (tertiary/aromatic N) is 2. The molecule has 0 bridgehead atoms. The number of halogens is 1. The molecule has 0 aliphatic rings. The van der Waals surface area contributed by atoms with E-state index in [9.17, 15) is 4.79 Å². The molecule has 0 N–H and O–H groups in total. The number of aromatic nitrogens is 2. The van der Waals surface area contributed by atoms with E-state index in [1.54, 1.807) is 18.2 Å². The number of hydrogen-bond acceptors (Lipinski definition) is 3. The van der Waals surface area contributed by atoms with Crippen molar-refractivity contribution < 1.29 is 9.53 Å². The normalized spacial score (nSPS) is 12.2. The van der Waals surface area contributed by atoms with Gasteiger partial charge < -0.3 is 4.74 Å². The summed E-state index contributed by atoms with van der Waals surface area (Å²) in [5, 5.41) is 4.96. The Morgan fingerprint density at radius 1 is 1.45 bits per heavy atom. The summed E-state index contributed by atoms with van der Waals surface area (Å²) in [6.45, 7) is 4.56. The zero-order chi connectivity index (χ0) is 14.5. The van der Waals surface area contributed by atoms with Crippen molar-refractivity contribution in [2.45, 2.75) is 32.9 Å². The molecular formula is C15H17ClN2O2. The number of rotatable bonds is 6. The maximum atomic E-state index is 11.0. The fourth-order valence-electron chi connectivity index (χ4n) is 1.78. The molecule has 20 heavy (non-hydrogen) atoms. The molecule has 2 rings (SSSR count). The number of carbonyl (C=O) groups is 1. The molecule has 2 aromatic rings. The van der Waals surface area contributed by atoms with Crippen LogP contribution in [0.2, 0.25) is 5.02 Å². The van der Waals surface area contributed by atoms with Crippen LogP contribution in [0.25, 0.3) is 0 Å². The monoisotopic (exact) mass is 292 g/mol. The Labute approximate surface area is 123 Å². The molecule has 1 aromatic heterocycles. The molecular weight excluding hydrogens is 276 g/mol. The summed E-state index contributed by atoms with van der Waals surface area (Å²) in [7, 11) is 0. The smallest absolute Gasteiger partial charge is 0.153 e. The molecule has 1 atom stereocenters. The molecule has 0 aliphatic carbocycles. The molecule has 0 radical (unpaired) electrons. The maximum Gasteiger partial charge on any atom is 0.153 e. The van der Waals surface area contributed by atoms with Crippen LogP contribution in [0.15, 0.2) is 30.5 Å². The first-order chi connectivity index (χ1) is 9.63. The van der Waals surface area contributed by atoms with E-state index in [2.05, 4.69) is 18.9 Å². The molecule has 0 saturated heterocycles. The minimum Gasteiger partial charge on any atom is -0.486 e. The number of carbonyl (C=O) groups excluding carboxylic acids is 1. The number of ether oxygens (including phenoxy) is 1. The summed E-state index contributed by atoms with van der Waals surface area (Å²) in [5.41, 5.74) is 1.27. The van der Waals surface area contributed by atoms with E-state index in [4.69, 9.17) is 16.3 Å². The second-order valence-electron chi connectivity index (χ2n) is 4.63. The number of benzene rings is 1. The fourth-order valence-corrected chi connectivity index (χ4v) is 1.96. The number of hydrogen-bond donors (Lipinski definition) is 0. The van der Waals surface area contributed by atoms with Crippen molar-refractivity contribution in [3.8, 4) is 5.75 Å². The summed E-state index contributed by atoms with van der Waals surface area (Å²) in [6, 6.07) is 7.26. The highest BCUT2D eigenvalue weighted by atomic mass is 35.5. The predicted molar refractivity (Wildman–Crippen MR) is 78.4 cm³/mol. The Balaban J connectivity index is 2.05. The topological polar surface area (TPSA) is 44.1 Å². The highest BCUT2D eigenvalue weighted by Crippen LogP contribution is 2.22. The van der Waals surface area contributed by atoms with E-state index in [1.165, 1.54) is 0 Å². The second-order valence-corrected chi connectivity index (χ2v) is 5.07. The number of aldehydes is 1. The van der Waals surface area contributed by atoms with Gasteiger partial charge in [0.2, 0.25) is 0 Å². The molecule has 0 fully saturated rings. The highest BCUT2D eigenvalue weighted by Gasteiger charge is 2.07. The average Bonchev–Trinajstić information content (AvgIpc) is 2.93. The van der Waals surface area contributed by atoms with E-state index < -0.39 is 0 Å². The van der Waals surface area contributed by atoms with Gasteiger partial charge in [-0.1, -0.05) is 18.5 Å². The summed E-state index contributed by atoms with van der Waals surface area (Å²) in [5.74, 6) is 0.516. The lowest BCUT2D eigenvalue weighted by Gasteiger charge is -2.09. The van der Waals surface area contributed by atoms with Crippen molar-refractivity contribution >= 4 is 17.9 Å². The van der Waals surface area contributed by atoms with Crippen LogP contribution < -0.4 is 4.74 Å². The van der Waals surface area contributed by atoms with Crippen LogP contribution in [0.1, 0.15) is 42.4 Å². The largest absolute Gasteiger partial charge is 0.486 e. The van der Waals surface area contributed by atoms with Crippen molar-refractivity contribution in [3.05, 3.63) is 46.7 Å². The van der Waals surface area contributed by atoms with Gasteiger partial charge in [0.05, 0.1) is 11.3 Å². The van der Waals surface area contributed by atoms with Crippen molar-refractivity contribution in [3.63, 3.8) is 0 Å². The Bertz CT molecular complexity index is 595. The zero-order valence-electron chi connectivity index (χ0n) is 11.5. The predicted octanol–water partition coefficient (Wildman–Crippen LogP) is 3.90. The van der Waals surface area contributed by atoms with Crippen molar-refractivity contribution in [1.29, 1.82) is 0 Å². The molecule has 0 spiro atoms. The van der Waals surface area contributed by atoms with Gasteiger partial charge in [0.1, 0.15) is 12.4 Å². The Hall–Kier alpha value is -1.81. The van der Waals surface area contributed by atoms with Gasteiger partial charge in [-0.2, -0.15) is 5.10 Å². The van der Waals surface area contributed by atoms with E-state index in [-0.39, 0.29) is 0 Å². The third kappa shape index (κ3) is 3.39. The van der Waals surface area contributed by atoms with Gasteiger partial charge in [-0.15, -0.1) is 0 Å². The summed E-state index contributed by atoms with van der Waals surface area (Å²) in [4.78, 5) is 11.0. The maximum absolute atomic E-state index is 11.0. The molecule has 1 heterocycles. The standard InChI is InChI=1S/C15H17ClN2O2/c1-3-11(2)18-7-6-14(17-18)10-20-15-5-4-13(16)8-12(15)9-19/h4-9,11H,3,10H2,1-2H3. The lowest BCUT2D eigenvalue weighted by atomic mass is 10.2. The van der Waals surface area contributed by atoms with E-state index in [1.807, 2.05) is 16.9 Å². The lowest BCUT2D eigenvalue weighted by molar-refractivity contribution is 0.111. The highest BCUT2D eigenvalue weighted by molar-refractivity contribution is 6.30. The van der Waals surface area contributed by atoms with Crippen LogP contribution >= 0.6 is 11.6 Å². The molecule has 5 heteroatoms. The Kier molecular flexibility index (Phi) is 4.79. The molecule has 1 aromatic carbocycles. The van der Waals surface area contributed by atoms with Crippen LogP contribution in [0.5, 0.6) is 5.75 Å². The van der Waals surface area contributed by atoms with E-state index >= 15 is 0 Å². The van der Waals surface area contributed by atoms with Crippen molar-refractivity contribution in [1.82, 2.24) is 9.78 Å². The van der Waals surface area contributed by atoms with E-state index in [0.29, 0.717) is 29.0 Å². The fraction of sp³-hybridized carbons (Fsp3) is 0.333. The summed E-state index contributed by atoms with van der Waals surface area (Å²) in [6.07, 6.45) is 3.70. The zero-order valence-corrected chi connectivity index (χ0v) is 12.3. The van der Waals surface area contributed by atoms with Crippen LogP contribution in [-0.2, 0) is 6.61 Å². The quantitative estimate of drug-likeness (QED) is 0.759. The van der Waals surface area contributed by atoms with Crippen LogP contribution in [0, 0.1) is 0 Å². The SMILES string of the molecule is CCC(C)n1ccc(COc2ccc(Cl)cc2C=O)n1. The van der Waals surface area contributed by atoms with Crippen molar-refractivity contribution in [2.24, 2.45) is 0 Å². The van der Waals surface area contributed by atoms with Gasteiger partial charge in [-0.25, -0.2) is 0 Å². The Morgan fingerprint density at radius 2 is 2.25 bits per heavy atom. The first-order valence-electron chi connectivity index (χ1n) is 6.55. The molecule has 0 amide bonds. The van der Waals surface area contributed by atoms with Gasteiger partial charge in [-0.05, 0) is 37.6 Å². The first-order valence-corrected chi connectivity index (χ1v) is 6.93. The van der Waals surface area contributed by atoms with Gasteiger partial charge in [-0.3, -0.25) is 9.48 Å². The van der Waals surface area contributed by atoms with Crippen LogP contribution in [-0.4, -0.2) is 16.1 Å². The first kappa shape index (κ1) is 14.6. The second kappa shape index (κ2) is 6.57. The average molecular weight is 293 g/mol.